The fourth-order valence-electron chi connectivity index (χ4n) is 1.72. The average Bonchev–Trinajstić information content (AvgIpc) is 2.41. The monoisotopic (exact) mass is 417 g/mol. The zero-order chi connectivity index (χ0) is 14.5. The zero-order valence-electron chi connectivity index (χ0n) is 10.9. The summed E-state index contributed by atoms with van der Waals surface area (Å²) in [6, 6.07) is 11.5. The van der Waals surface area contributed by atoms with E-state index in [-0.39, 0.29) is 0 Å². The van der Waals surface area contributed by atoms with Gasteiger partial charge in [0.2, 0.25) is 0 Å². The van der Waals surface area contributed by atoms with Crippen molar-refractivity contribution in [3.8, 4) is 11.5 Å². The smallest absolute Gasteiger partial charge is 0.146 e. The molecule has 5 heteroatoms. The fraction of sp³-hybridized carbons (Fsp3) is 0.200. The van der Waals surface area contributed by atoms with Gasteiger partial charge in [0.15, 0.2) is 0 Å². The predicted octanol–water partition coefficient (Wildman–Crippen LogP) is 5.77. The molecule has 0 amide bonds. The van der Waals surface area contributed by atoms with Crippen LogP contribution in [0.25, 0.3) is 0 Å². The van der Waals surface area contributed by atoms with Crippen molar-refractivity contribution in [1.29, 1.82) is 0 Å². The van der Waals surface area contributed by atoms with E-state index >= 15 is 0 Å². The quantitative estimate of drug-likeness (QED) is 0.665. The molecule has 2 nitrogen and oxygen atoms in total. The summed E-state index contributed by atoms with van der Waals surface area (Å²) >= 11 is 13.1. The molecule has 0 aliphatic carbocycles. The lowest BCUT2D eigenvalue weighted by molar-refractivity contribution is 0.473. The first-order chi connectivity index (χ1) is 9.60. The van der Waals surface area contributed by atoms with Crippen LogP contribution in [0.1, 0.15) is 12.5 Å². The second-order valence-corrected chi connectivity index (χ2v) is 6.45. The largest absolute Gasteiger partial charge is 0.455 e. The minimum absolute atomic E-state index is 0.580. The molecule has 0 aromatic heterocycles. The van der Waals surface area contributed by atoms with Crippen molar-refractivity contribution in [2.45, 2.75) is 13.5 Å². The Bertz CT molecular complexity index is 604. The van der Waals surface area contributed by atoms with Crippen LogP contribution >= 0.6 is 43.5 Å². The molecular weight excluding hydrogens is 405 g/mol. The topological polar surface area (TPSA) is 21.3 Å². The van der Waals surface area contributed by atoms with Crippen LogP contribution in [0.3, 0.4) is 0 Å². The molecule has 0 aliphatic heterocycles. The van der Waals surface area contributed by atoms with Crippen LogP contribution in [0.4, 0.5) is 0 Å². The standard InChI is InChI=1S/C15H14Br2ClNO/c1-2-19-9-10-7-11(16)3-5-14(10)20-15-6-4-12(17)8-13(15)18/h3-8,19H,2,9H2,1H3. The third kappa shape index (κ3) is 4.22. The van der Waals surface area contributed by atoms with Crippen molar-refractivity contribution >= 4 is 43.5 Å². The summed E-state index contributed by atoms with van der Waals surface area (Å²) in [6.07, 6.45) is 0. The molecule has 0 radical (unpaired) electrons. The highest BCUT2D eigenvalue weighted by Gasteiger charge is 2.08. The lowest BCUT2D eigenvalue weighted by atomic mass is 10.2. The van der Waals surface area contributed by atoms with Crippen LogP contribution in [0, 0.1) is 0 Å². The molecule has 0 spiro atoms. The van der Waals surface area contributed by atoms with Crippen LogP contribution in [-0.2, 0) is 6.54 Å². The van der Waals surface area contributed by atoms with Crippen LogP contribution in [0.2, 0.25) is 5.02 Å². The highest BCUT2D eigenvalue weighted by atomic mass is 79.9. The molecule has 106 valence electrons. The number of rotatable bonds is 5. The zero-order valence-corrected chi connectivity index (χ0v) is 14.8. The van der Waals surface area contributed by atoms with Gasteiger partial charge in [-0.15, -0.1) is 0 Å². The van der Waals surface area contributed by atoms with Gasteiger partial charge in [-0.25, -0.2) is 0 Å². The second kappa shape index (κ2) is 7.46. The maximum atomic E-state index is 6.19. The van der Waals surface area contributed by atoms with E-state index < -0.39 is 0 Å². The summed E-state index contributed by atoms with van der Waals surface area (Å²) in [5, 5.41) is 3.88. The van der Waals surface area contributed by atoms with Crippen molar-refractivity contribution in [3.05, 3.63) is 55.9 Å². The number of hydrogen-bond donors (Lipinski definition) is 1. The molecule has 0 fully saturated rings. The predicted molar refractivity (Wildman–Crippen MR) is 90.7 cm³/mol. The van der Waals surface area contributed by atoms with Gasteiger partial charge in [-0.05, 0) is 42.9 Å². The second-order valence-electron chi connectivity index (χ2n) is 4.21. The first-order valence-electron chi connectivity index (χ1n) is 6.22. The van der Waals surface area contributed by atoms with Gasteiger partial charge in [0.1, 0.15) is 11.5 Å². The molecule has 2 aromatic rings. The molecule has 0 bridgehead atoms. The number of benzene rings is 2. The molecule has 0 heterocycles. The number of nitrogens with one attached hydrogen (secondary N) is 1. The van der Waals surface area contributed by atoms with Crippen molar-refractivity contribution in [2.24, 2.45) is 0 Å². The Labute approximate surface area is 140 Å². The van der Waals surface area contributed by atoms with E-state index in [0.29, 0.717) is 10.8 Å². The molecule has 0 unspecified atom stereocenters. The Kier molecular flexibility index (Phi) is 5.90. The molecule has 2 rings (SSSR count). The van der Waals surface area contributed by atoms with Crippen LogP contribution in [0.15, 0.2) is 45.3 Å². The summed E-state index contributed by atoms with van der Waals surface area (Å²) in [5.74, 6) is 1.45. The lowest BCUT2D eigenvalue weighted by Gasteiger charge is -2.13. The summed E-state index contributed by atoms with van der Waals surface area (Å²) < 4.78 is 7.89. The number of hydrogen-bond acceptors (Lipinski definition) is 2. The van der Waals surface area contributed by atoms with E-state index in [1.165, 1.54) is 0 Å². The van der Waals surface area contributed by atoms with Crippen molar-refractivity contribution in [2.75, 3.05) is 6.54 Å². The van der Waals surface area contributed by atoms with E-state index in [1.807, 2.05) is 36.4 Å². The van der Waals surface area contributed by atoms with Crippen molar-refractivity contribution < 1.29 is 4.74 Å². The van der Waals surface area contributed by atoms with E-state index in [9.17, 15) is 0 Å². The summed E-state index contributed by atoms with van der Waals surface area (Å²) in [4.78, 5) is 0. The molecule has 0 saturated heterocycles. The third-order valence-corrected chi connectivity index (χ3v) is 3.98. The molecule has 1 N–H and O–H groups in total. The van der Waals surface area contributed by atoms with Gasteiger partial charge in [-0.3, -0.25) is 0 Å². The molecular formula is C15H14Br2ClNO. The van der Waals surface area contributed by atoms with Crippen molar-refractivity contribution in [3.63, 3.8) is 0 Å². The minimum atomic E-state index is 0.580. The summed E-state index contributed by atoms with van der Waals surface area (Å²) in [5.41, 5.74) is 1.08. The average molecular weight is 420 g/mol. The van der Waals surface area contributed by atoms with Crippen LogP contribution in [0.5, 0.6) is 11.5 Å². The summed E-state index contributed by atoms with van der Waals surface area (Å²) in [6.45, 7) is 3.73. The van der Waals surface area contributed by atoms with E-state index in [1.54, 1.807) is 0 Å². The van der Waals surface area contributed by atoms with Gasteiger partial charge in [-0.2, -0.15) is 0 Å². The normalized spacial score (nSPS) is 10.6. The van der Waals surface area contributed by atoms with Crippen LogP contribution < -0.4 is 10.1 Å². The Balaban J connectivity index is 2.27. The Morgan fingerprint density at radius 3 is 2.35 bits per heavy atom. The fourth-order valence-corrected chi connectivity index (χ4v) is 2.84. The Morgan fingerprint density at radius 1 is 1.05 bits per heavy atom. The first-order valence-corrected chi connectivity index (χ1v) is 8.18. The maximum absolute atomic E-state index is 6.19. The van der Waals surface area contributed by atoms with Gasteiger partial charge < -0.3 is 10.1 Å². The third-order valence-electron chi connectivity index (χ3n) is 2.70. The summed E-state index contributed by atoms with van der Waals surface area (Å²) in [7, 11) is 0. The van der Waals surface area contributed by atoms with Crippen LogP contribution in [-0.4, -0.2) is 6.54 Å². The first kappa shape index (κ1) is 15.8. The van der Waals surface area contributed by atoms with E-state index in [0.717, 1.165) is 33.3 Å². The molecule has 20 heavy (non-hydrogen) atoms. The van der Waals surface area contributed by atoms with Gasteiger partial charge in [0.05, 0.1) is 5.02 Å². The SMILES string of the molecule is CCNCc1cc(Br)ccc1Oc1ccc(Br)cc1Cl. The highest BCUT2D eigenvalue weighted by Crippen LogP contribution is 2.34. The Morgan fingerprint density at radius 2 is 1.70 bits per heavy atom. The van der Waals surface area contributed by atoms with Gasteiger partial charge in [0, 0.05) is 21.1 Å². The van der Waals surface area contributed by atoms with Gasteiger partial charge >= 0.3 is 0 Å². The van der Waals surface area contributed by atoms with Gasteiger partial charge in [0.25, 0.3) is 0 Å². The molecule has 2 aromatic carbocycles. The van der Waals surface area contributed by atoms with Gasteiger partial charge in [-0.1, -0.05) is 50.4 Å². The molecule has 0 atom stereocenters. The molecule has 0 saturated carbocycles. The maximum Gasteiger partial charge on any atom is 0.146 e. The minimum Gasteiger partial charge on any atom is -0.455 e. The van der Waals surface area contributed by atoms with Crippen molar-refractivity contribution in [1.82, 2.24) is 5.32 Å². The van der Waals surface area contributed by atoms with E-state index in [2.05, 4.69) is 44.1 Å². The van der Waals surface area contributed by atoms with E-state index in [4.69, 9.17) is 16.3 Å². The lowest BCUT2D eigenvalue weighted by Crippen LogP contribution is -2.12. The Hall–Kier alpha value is -0.550. The molecule has 0 aliphatic rings. The number of ether oxygens (including phenoxy) is 1. The highest BCUT2D eigenvalue weighted by molar-refractivity contribution is 9.10. The number of halogens is 3.